The van der Waals surface area contributed by atoms with Gasteiger partial charge in [0.1, 0.15) is 11.0 Å². The second-order valence-electron chi connectivity index (χ2n) is 6.90. The molecule has 31 heavy (non-hydrogen) atoms. The molecule has 3 aromatic rings. The fraction of sp³-hybridized carbons (Fsp3) is 0.227. The number of pyridine rings is 1. The Bertz CT molecular complexity index is 1080. The van der Waals surface area contributed by atoms with Crippen molar-refractivity contribution in [1.82, 2.24) is 20.2 Å². The highest BCUT2D eigenvalue weighted by Crippen LogP contribution is 2.26. The van der Waals surface area contributed by atoms with Gasteiger partial charge in [-0.05, 0) is 42.7 Å². The largest absolute Gasteiger partial charge is 0.349 e. The van der Waals surface area contributed by atoms with Gasteiger partial charge in [-0.3, -0.25) is 24.3 Å². The molecule has 0 spiro atoms. The van der Waals surface area contributed by atoms with Crippen molar-refractivity contribution in [1.29, 1.82) is 0 Å². The number of fused-ring (bicyclic) bond motifs is 1. The number of thioether (sulfide) groups is 1. The van der Waals surface area contributed by atoms with Crippen molar-refractivity contribution in [2.24, 2.45) is 0 Å². The summed E-state index contributed by atoms with van der Waals surface area (Å²) in [4.78, 5) is 48.6. The van der Waals surface area contributed by atoms with Crippen LogP contribution in [0.4, 0.5) is 0 Å². The van der Waals surface area contributed by atoms with Gasteiger partial charge in [0.25, 0.3) is 11.8 Å². The Morgan fingerprint density at radius 1 is 1.13 bits per heavy atom. The summed E-state index contributed by atoms with van der Waals surface area (Å²) in [5.41, 5.74) is 2.15. The average Bonchev–Trinajstić information content (AvgIpc) is 3.38. The first kappa shape index (κ1) is 21.2. The van der Waals surface area contributed by atoms with Crippen molar-refractivity contribution in [2.75, 3.05) is 12.0 Å². The summed E-state index contributed by atoms with van der Waals surface area (Å²) in [6.45, 7) is 0.209. The molecule has 0 radical (unpaired) electrons. The Labute approximate surface area is 187 Å². The van der Waals surface area contributed by atoms with Crippen LogP contribution >= 0.6 is 23.1 Å². The number of carbonyl (C=O) groups excluding carboxylic acids is 3. The van der Waals surface area contributed by atoms with Crippen molar-refractivity contribution in [3.05, 3.63) is 70.9 Å². The number of imide groups is 1. The van der Waals surface area contributed by atoms with Gasteiger partial charge in [-0.1, -0.05) is 18.2 Å². The number of thiazole rings is 1. The molecule has 1 aliphatic rings. The number of nitrogens with one attached hydrogen (secondary N) is 1. The minimum atomic E-state index is -0.867. The maximum absolute atomic E-state index is 13.0. The van der Waals surface area contributed by atoms with E-state index in [0.29, 0.717) is 29.0 Å². The third kappa shape index (κ3) is 4.38. The first-order valence-electron chi connectivity index (χ1n) is 9.69. The first-order chi connectivity index (χ1) is 15.1. The molecule has 3 amide bonds. The maximum atomic E-state index is 13.0. The van der Waals surface area contributed by atoms with Gasteiger partial charge in [0, 0.05) is 11.6 Å². The lowest BCUT2D eigenvalue weighted by Crippen LogP contribution is -2.49. The molecule has 7 nitrogen and oxygen atoms in total. The van der Waals surface area contributed by atoms with Gasteiger partial charge in [0.05, 0.1) is 29.1 Å². The molecule has 0 bridgehead atoms. The zero-order valence-corrected chi connectivity index (χ0v) is 18.4. The molecule has 4 rings (SSSR count). The predicted molar refractivity (Wildman–Crippen MR) is 121 cm³/mol. The van der Waals surface area contributed by atoms with Crippen LogP contribution < -0.4 is 5.32 Å². The standard InChI is InChI=1S/C22H20N4O3S2/c1-30-11-9-18(26-21(28)15-6-2-3-7-16(15)22(26)29)19(27)24-12-14-13-31-20(25-14)17-8-4-5-10-23-17/h2-8,10,13,18H,9,11-12H2,1H3,(H,24,27). The van der Waals surface area contributed by atoms with Gasteiger partial charge in [0.2, 0.25) is 5.91 Å². The zero-order valence-electron chi connectivity index (χ0n) is 16.8. The van der Waals surface area contributed by atoms with Crippen molar-refractivity contribution < 1.29 is 14.4 Å². The van der Waals surface area contributed by atoms with Crippen LogP contribution in [0.15, 0.2) is 54.0 Å². The first-order valence-corrected chi connectivity index (χ1v) is 12.0. The second-order valence-corrected chi connectivity index (χ2v) is 8.74. The van der Waals surface area contributed by atoms with Crippen molar-refractivity contribution in [3.63, 3.8) is 0 Å². The lowest BCUT2D eigenvalue weighted by molar-refractivity contribution is -0.125. The lowest BCUT2D eigenvalue weighted by Gasteiger charge is -2.25. The third-order valence-electron chi connectivity index (χ3n) is 4.91. The summed E-state index contributed by atoms with van der Waals surface area (Å²) < 4.78 is 0. The molecule has 0 saturated heterocycles. The van der Waals surface area contributed by atoms with E-state index in [9.17, 15) is 14.4 Å². The molecular formula is C22H20N4O3S2. The summed E-state index contributed by atoms with van der Waals surface area (Å²) >= 11 is 3.01. The highest BCUT2D eigenvalue weighted by atomic mass is 32.2. The lowest BCUT2D eigenvalue weighted by atomic mass is 10.1. The minimum absolute atomic E-state index is 0.209. The molecule has 1 unspecified atom stereocenters. The molecule has 0 aliphatic carbocycles. The monoisotopic (exact) mass is 452 g/mol. The Morgan fingerprint density at radius 3 is 2.48 bits per heavy atom. The van der Waals surface area contributed by atoms with E-state index >= 15 is 0 Å². The average molecular weight is 453 g/mol. The number of rotatable bonds is 8. The van der Waals surface area contributed by atoms with Gasteiger partial charge >= 0.3 is 0 Å². The van der Waals surface area contributed by atoms with E-state index in [1.54, 1.807) is 42.2 Å². The fourth-order valence-corrected chi connectivity index (χ4v) is 4.64. The molecule has 0 saturated carbocycles. The Morgan fingerprint density at radius 2 is 1.84 bits per heavy atom. The third-order valence-corrected chi connectivity index (χ3v) is 6.47. The smallest absolute Gasteiger partial charge is 0.262 e. The SMILES string of the molecule is CSCCC(C(=O)NCc1csc(-c2ccccn2)n1)N1C(=O)c2ccccc2C1=O. The molecule has 1 atom stereocenters. The van der Waals surface area contributed by atoms with Crippen molar-refractivity contribution in [2.45, 2.75) is 19.0 Å². The normalized spacial score (nSPS) is 13.9. The number of aromatic nitrogens is 2. The number of carbonyl (C=O) groups is 3. The van der Waals surface area contributed by atoms with E-state index in [2.05, 4.69) is 15.3 Å². The van der Waals surface area contributed by atoms with Crippen LogP contribution in [0.1, 0.15) is 32.8 Å². The fourth-order valence-electron chi connectivity index (χ4n) is 3.39. The summed E-state index contributed by atoms with van der Waals surface area (Å²) in [7, 11) is 0. The molecular weight excluding hydrogens is 432 g/mol. The Balaban J connectivity index is 1.48. The number of amides is 3. The second kappa shape index (κ2) is 9.40. The highest BCUT2D eigenvalue weighted by Gasteiger charge is 2.42. The predicted octanol–water partition coefficient (Wildman–Crippen LogP) is 3.24. The van der Waals surface area contributed by atoms with E-state index in [1.165, 1.54) is 11.3 Å². The van der Waals surface area contributed by atoms with Gasteiger partial charge in [-0.25, -0.2) is 4.98 Å². The quantitative estimate of drug-likeness (QED) is 0.528. The van der Waals surface area contributed by atoms with E-state index in [1.807, 2.05) is 29.8 Å². The maximum Gasteiger partial charge on any atom is 0.262 e. The van der Waals surface area contributed by atoms with E-state index in [4.69, 9.17) is 0 Å². The number of hydrogen-bond acceptors (Lipinski definition) is 7. The van der Waals surface area contributed by atoms with Crippen LogP contribution in [0.2, 0.25) is 0 Å². The van der Waals surface area contributed by atoms with Crippen LogP contribution in [0.3, 0.4) is 0 Å². The summed E-state index contributed by atoms with van der Waals surface area (Å²) in [5.74, 6) is -0.566. The number of benzene rings is 1. The molecule has 2 aromatic heterocycles. The van der Waals surface area contributed by atoms with E-state index in [0.717, 1.165) is 15.6 Å². The highest BCUT2D eigenvalue weighted by molar-refractivity contribution is 7.98. The number of nitrogens with zero attached hydrogens (tertiary/aromatic N) is 3. The van der Waals surface area contributed by atoms with Crippen LogP contribution in [0, 0.1) is 0 Å². The van der Waals surface area contributed by atoms with Gasteiger partial charge < -0.3 is 5.32 Å². The van der Waals surface area contributed by atoms with Crippen LogP contribution in [-0.4, -0.2) is 50.6 Å². The zero-order chi connectivity index (χ0) is 21.8. The van der Waals surface area contributed by atoms with E-state index in [-0.39, 0.29) is 12.5 Å². The molecule has 158 valence electrons. The van der Waals surface area contributed by atoms with Gasteiger partial charge in [0.15, 0.2) is 0 Å². The van der Waals surface area contributed by atoms with Crippen molar-refractivity contribution in [3.8, 4) is 10.7 Å². The topological polar surface area (TPSA) is 92.3 Å². The molecule has 1 aromatic carbocycles. The van der Waals surface area contributed by atoms with E-state index < -0.39 is 17.9 Å². The van der Waals surface area contributed by atoms with Gasteiger partial charge in [-0.15, -0.1) is 11.3 Å². The van der Waals surface area contributed by atoms with Crippen molar-refractivity contribution >= 4 is 40.8 Å². The Kier molecular flexibility index (Phi) is 6.43. The minimum Gasteiger partial charge on any atom is -0.349 e. The number of hydrogen-bond donors (Lipinski definition) is 1. The summed E-state index contributed by atoms with van der Waals surface area (Å²) in [6, 6.07) is 11.4. The summed E-state index contributed by atoms with van der Waals surface area (Å²) in [5, 5.41) is 5.48. The molecule has 3 heterocycles. The van der Waals surface area contributed by atoms with Crippen LogP contribution in [0.25, 0.3) is 10.7 Å². The summed E-state index contributed by atoms with van der Waals surface area (Å²) in [6.07, 6.45) is 4.01. The molecule has 9 heteroatoms. The molecule has 1 aliphatic heterocycles. The van der Waals surface area contributed by atoms with Gasteiger partial charge in [-0.2, -0.15) is 11.8 Å². The molecule has 0 fully saturated rings. The Hall–Kier alpha value is -3.04. The van der Waals surface area contributed by atoms with Crippen LogP contribution in [-0.2, 0) is 11.3 Å². The molecule has 1 N–H and O–H groups in total. The van der Waals surface area contributed by atoms with Crippen LogP contribution in [0.5, 0.6) is 0 Å².